The molecule has 0 saturated carbocycles. The van der Waals surface area contributed by atoms with Crippen LogP contribution in [-0.2, 0) is 13.6 Å². The van der Waals surface area contributed by atoms with E-state index in [1.165, 1.54) is 15.2 Å². The molecule has 0 unspecified atom stereocenters. The lowest BCUT2D eigenvalue weighted by molar-refractivity contribution is 0.413. The summed E-state index contributed by atoms with van der Waals surface area (Å²) in [5.41, 5.74) is 2.52. The van der Waals surface area contributed by atoms with E-state index in [1.807, 2.05) is 42.7 Å². The Kier molecular flexibility index (Phi) is 3.99. The van der Waals surface area contributed by atoms with E-state index in [9.17, 15) is 9.59 Å². The number of rotatable bonds is 4. The van der Waals surface area contributed by atoms with Gasteiger partial charge in [-0.3, -0.25) is 22.9 Å². The Morgan fingerprint density at radius 2 is 1.89 bits per heavy atom. The number of para-hydroxylation sites is 2. The average Bonchev–Trinajstić information content (AvgIpc) is 3.19. The zero-order chi connectivity index (χ0) is 20.2. The molecule has 0 spiro atoms. The first-order chi connectivity index (χ1) is 13.4. The van der Waals surface area contributed by atoms with Gasteiger partial charge in [0.2, 0.25) is 5.78 Å². The molecule has 0 aliphatic rings. The van der Waals surface area contributed by atoms with Crippen molar-refractivity contribution in [3.05, 3.63) is 69.1 Å². The van der Waals surface area contributed by atoms with E-state index in [4.69, 9.17) is 4.74 Å². The summed E-state index contributed by atoms with van der Waals surface area (Å²) in [4.78, 5) is 30.4. The molecule has 0 amide bonds. The fraction of sp³-hybridized carbons (Fsp3) is 0.250. The summed E-state index contributed by atoms with van der Waals surface area (Å²) in [6, 6.07) is 7.61. The normalized spacial score (nSPS) is 11.4. The van der Waals surface area contributed by atoms with Crippen molar-refractivity contribution in [2.24, 2.45) is 7.05 Å². The van der Waals surface area contributed by atoms with Crippen LogP contribution < -0.4 is 16.0 Å². The molecule has 1 aromatic carbocycles. The lowest BCUT2D eigenvalue weighted by atomic mass is 10.2. The van der Waals surface area contributed by atoms with E-state index in [0.29, 0.717) is 22.7 Å². The summed E-state index contributed by atoms with van der Waals surface area (Å²) in [6.07, 6.45) is 1.53. The van der Waals surface area contributed by atoms with Crippen molar-refractivity contribution in [1.29, 1.82) is 0 Å². The Bertz CT molecular complexity index is 1370. The van der Waals surface area contributed by atoms with Gasteiger partial charge in [-0.05, 0) is 26.0 Å². The third-order valence-corrected chi connectivity index (χ3v) is 5.16. The zero-order valence-electron chi connectivity index (χ0n) is 16.3. The number of imidazole rings is 2. The van der Waals surface area contributed by atoms with Gasteiger partial charge in [-0.15, -0.1) is 6.58 Å². The standard InChI is InChI=1S/C20H21N5O3/c1-6-11-23-18(26)16-17(22(4)20(23)27)21-19-24(12(2)13(3)25(16)19)14-9-7-8-10-15(14)28-5/h6-10H,1,11H2,2-5H3. The molecule has 0 bridgehead atoms. The Balaban J connectivity index is 2.23. The van der Waals surface area contributed by atoms with E-state index in [-0.39, 0.29) is 12.1 Å². The molecule has 144 valence electrons. The minimum Gasteiger partial charge on any atom is -0.495 e. The molecule has 0 aliphatic carbocycles. The zero-order valence-corrected chi connectivity index (χ0v) is 16.3. The number of benzene rings is 1. The van der Waals surface area contributed by atoms with Gasteiger partial charge in [0, 0.05) is 25.0 Å². The molecular formula is C20H21N5O3. The maximum absolute atomic E-state index is 13.1. The maximum Gasteiger partial charge on any atom is 0.332 e. The maximum atomic E-state index is 13.1. The molecule has 0 radical (unpaired) electrons. The van der Waals surface area contributed by atoms with E-state index < -0.39 is 5.69 Å². The summed E-state index contributed by atoms with van der Waals surface area (Å²) in [5.74, 6) is 1.24. The van der Waals surface area contributed by atoms with Crippen molar-refractivity contribution in [3.8, 4) is 11.4 Å². The fourth-order valence-electron chi connectivity index (χ4n) is 3.64. The fourth-order valence-corrected chi connectivity index (χ4v) is 3.64. The van der Waals surface area contributed by atoms with Crippen molar-refractivity contribution in [1.82, 2.24) is 23.1 Å². The Morgan fingerprint density at radius 3 is 2.57 bits per heavy atom. The Hall–Kier alpha value is -3.55. The first kappa shape index (κ1) is 17.8. The molecule has 0 atom stereocenters. The summed E-state index contributed by atoms with van der Waals surface area (Å²) >= 11 is 0. The summed E-state index contributed by atoms with van der Waals surface area (Å²) < 4.78 is 11.8. The number of nitrogens with zero attached hydrogens (tertiary/aromatic N) is 5. The number of fused-ring (bicyclic) bond motifs is 3. The van der Waals surface area contributed by atoms with Gasteiger partial charge in [0.05, 0.1) is 12.8 Å². The van der Waals surface area contributed by atoms with Gasteiger partial charge in [-0.1, -0.05) is 18.2 Å². The smallest absolute Gasteiger partial charge is 0.332 e. The number of hydrogen-bond acceptors (Lipinski definition) is 4. The van der Waals surface area contributed by atoms with Crippen molar-refractivity contribution < 1.29 is 4.74 Å². The molecule has 8 heteroatoms. The van der Waals surface area contributed by atoms with Crippen molar-refractivity contribution in [2.45, 2.75) is 20.4 Å². The molecule has 4 rings (SSSR count). The Labute approximate surface area is 160 Å². The third-order valence-electron chi connectivity index (χ3n) is 5.16. The van der Waals surface area contributed by atoms with Crippen LogP contribution in [-0.4, -0.2) is 30.2 Å². The van der Waals surface area contributed by atoms with E-state index in [2.05, 4.69) is 11.6 Å². The van der Waals surface area contributed by atoms with Crippen LogP contribution in [0.4, 0.5) is 0 Å². The van der Waals surface area contributed by atoms with Gasteiger partial charge in [0.25, 0.3) is 5.56 Å². The summed E-state index contributed by atoms with van der Waals surface area (Å²) in [6.45, 7) is 7.68. The molecule has 28 heavy (non-hydrogen) atoms. The minimum absolute atomic E-state index is 0.139. The molecule has 8 nitrogen and oxygen atoms in total. The predicted molar refractivity (Wildman–Crippen MR) is 108 cm³/mol. The van der Waals surface area contributed by atoms with Gasteiger partial charge in [-0.2, -0.15) is 4.98 Å². The van der Waals surface area contributed by atoms with Crippen LogP contribution in [0.15, 0.2) is 46.5 Å². The topological polar surface area (TPSA) is 75.5 Å². The SMILES string of the molecule is C=CCn1c(=O)c2c(nc3n(-c4ccccc4OC)c(C)c(C)n23)n(C)c1=O. The van der Waals surface area contributed by atoms with Gasteiger partial charge in [0.15, 0.2) is 11.2 Å². The molecule has 4 aromatic rings. The second-order valence-electron chi connectivity index (χ2n) is 6.64. The first-order valence-electron chi connectivity index (χ1n) is 8.86. The molecule has 3 heterocycles. The van der Waals surface area contributed by atoms with Crippen molar-refractivity contribution in [3.63, 3.8) is 0 Å². The highest BCUT2D eigenvalue weighted by atomic mass is 16.5. The minimum atomic E-state index is -0.420. The monoisotopic (exact) mass is 379 g/mol. The van der Waals surface area contributed by atoms with Gasteiger partial charge in [0.1, 0.15) is 5.75 Å². The van der Waals surface area contributed by atoms with Crippen molar-refractivity contribution >= 4 is 16.9 Å². The van der Waals surface area contributed by atoms with Crippen LogP contribution in [0.2, 0.25) is 0 Å². The van der Waals surface area contributed by atoms with Gasteiger partial charge >= 0.3 is 5.69 Å². The molecule has 0 aliphatic heterocycles. The highest BCUT2D eigenvalue weighted by Crippen LogP contribution is 2.29. The van der Waals surface area contributed by atoms with Crippen LogP contribution in [0, 0.1) is 13.8 Å². The number of hydrogen-bond donors (Lipinski definition) is 0. The number of aryl methyl sites for hydroxylation is 2. The van der Waals surface area contributed by atoms with Crippen LogP contribution in [0.25, 0.3) is 22.6 Å². The molecule has 3 aromatic heterocycles. The largest absolute Gasteiger partial charge is 0.495 e. The van der Waals surface area contributed by atoms with Crippen LogP contribution in [0.1, 0.15) is 11.4 Å². The molecular weight excluding hydrogens is 358 g/mol. The van der Waals surface area contributed by atoms with Crippen LogP contribution in [0.5, 0.6) is 5.75 Å². The van der Waals surface area contributed by atoms with Gasteiger partial charge in [-0.25, -0.2) is 4.79 Å². The molecule has 0 N–H and O–H groups in total. The van der Waals surface area contributed by atoms with Gasteiger partial charge < -0.3 is 4.74 Å². The van der Waals surface area contributed by atoms with E-state index in [0.717, 1.165) is 17.1 Å². The molecule has 0 saturated heterocycles. The van der Waals surface area contributed by atoms with Crippen LogP contribution >= 0.6 is 0 Å². The second kappa shape index (κ2) is 6.26. The number of ether oxygens (including phenoxy) is 1. The number of allylic oxidation sites excluding steroid dienone is 1. The third kappa shape index (κ3) is 2.20. The average molecular weight is 379 g/mol. The quantitative estimate of drug-likeness (QED) is 0.508. The lowest BCUT2D eigenvalue weighted by Crippen LogP contribution is -2.39. The summed E-state index contributed by atoms with van der Waals surface area (Å²) in [5, 5.41) is 0. The number of aromatic nitrogens is 5. The number of methoxy groups -OCH3 is 1. The molecule has 0 fully saturated rings. The van der Waals surface area contributed by atoms with Crippen molar-refractivity contribution in [2.75, 3.05) is 7.11 Å². The Morgan fingerprint density at radius 1 is 1.18 bits per heavy atom. The van der Waals surface area contributed by atoms with Crippen LogP contribution in [0.3, 0.4) is 0 Å². The predicted octanol–water partition coefficient (Wildman–Crippen LogP) is 1.95. The lowest BCUT2D eigenvalue weighted by Gasteiger charge is -2.11. The van der Waals surface area contributed by atoms with E-state index >= 15 is 0 Å². The highest BCUT2D eigenvalue weighted by Gasteiger charge is 2.23. The summed E-state index contributed by atoms with van der Waals surface area (Å²) in [7, 11) is 3.23. The van der Waals surface area contributed by atoms with E-state index in [1.54, 1.807) is 18.6 Å². The second-order valence-corrected chi connectivity index (χ2v) is 6.64. The first-order valence-corrected chi connectivity index (χ1v) is 8.86. The highest BCUT2D eigenvalue weighted by molar-refractivity contribution is 5.77.